The maximum atomic E-state index is 4.62. The van der Waals surface area contributed by atoms with Crippen molar-refractivity contribution in [2.24, 2.45) is 0 Å². The quantitative estimate of drug-likeness (QED) is 0.180. The number of aromatic nitrogens is 2. The van der Waals surface area contributed by atoms with Crippen LogP contribution in [0.5, 0.6) is 0 Å². The summed E-state index contributed by atoms with van der Waals surface area (Å²) in [6.45, 7) is 0. The second-order valence-electron chi connectivity index (χ2n) is 12.9. The van der Waals surface area contributed by atoms with E-state index in [0.717, 1.165) is 10.8 Å². The molecule has 2 aromatic heterocycles. The van der Waals surface area contributed by atoms with Crippen LogP contribution < -0.4 is 0 Å². The van der Waals surface area contributed by atoms with Crippen LogP contribution in [0, 0.1) is 0 Å². The second-order valence-corrected chi connectivity index (χ2v) is 12.9. The molecule has 10 aromatic rings. The minimum absolute atomic E-state index is 1.16. The number of hydrogen-bond donors (Lipinski definition) is 0. The summed E-state index contributed by atoms with van der Waals surface area (Å²) in [5, 5.41) is 12.1. The molecule has 10 rings (SSSR count). The van der Waals surface area contributed by atoms with Crippen LogP contribution in [0.4, 0.5) is 0 Å². The average Bonchev–Trinajstić information content (AvgIpc) is 3.19. The van der Waals surface area contributed by atoms with Gasteiger partial charge >= 0.3 is 0 Å². The summed E-state index contributed by atoms with van der Waals surface area (Å²) in [4.78, 5) is 9.24. The molecule has 0 bridgehead atoms. The third kappa shape index (κ3) is 4.43. The van der Waals surface area contributed by atoms with Gasteiger partial charge in [0.2, 0.25) is 0 Å². The number of nitrogens with zero attached hydrogens (tertiary/aromatic N) is 2. The fraction of sp³-hybridized carbons (Fsp3) is 0. The van der Waals surface area contributed by atoms with Crippen LogP contribution in [-0.4, -0.2) is 9.97 Å². The van der Waals surface area contributed by atoms with Gasteiger partial charge in [-0.05, 0) is 112 Å². The molecule has 232 valence electrons. The Morgan fingerprint density at radius 2 is 0.600 bits per heavy atom. The van der Waals surface area contributed by atoms with Crippen molar-refractivity contribution < 1.29 is 0 Å². The van der Waals surface area contributed by atoms with Gasteiger partial charge in [-0.3, -0.25) is 9.97 Å². The highest BCUT2D eigenvalue weighted by molar-refractivity contribution is 6.23. The van der Waals surface area contributed by atoms with Gasteiger partial charge in [0.25, 0.3) is 0 Å². The molecule has 0 aliphatic carbocycles. The van der Waals surface area contributed by atoms with Gasteiger partial charge in [-0.2, -0.15) is 0 Å². The van der Waals surface area contributed by atoms with Gasteiger partial charge in [0, 0.05) is 35.6 Å². The fourth-order valence-corrected chi connectivity index (χ4v) is 8.05. The Labute approximate surface area is 290 Å². The minimum Gasteiger partial charge on any atom is -0.264 e. The zero-order chi connectivity index (χ0) is 33.0. The molecule has 0 atom stereocenters. The SMILES string of the molecule is c1ccc(-c2c3ccccc3c(-c3ccc4cc(-c5c6ccccc6c(-c6ccccc6)c6ccncc56)ccc4c3)c3cnccc23)cc1. The summed E-state index contributed by atoms with van der Waals surface area (Å²) in [5.41, 5.74) is 9.73. The average molecular weight is 635 g/mol. The molecule has 2 heterocycles. The van der Waals surface area contributed by atoms with Crippen molar-refractivity contribution in [3.05, 3.63) is 183 Å². The largest absolute Gasteiger partial charge is 0.264 e. The topological polar surface area (TPSA) is 25.8 Å². The third-order valence-corrected chi connectivity index (χ3v) is 10.2. The fourth-order valence-electron chi connectivity index (χ4n) is 8.05. The molecule has 2 nitrogen and oxygen atoms in total. The van der Waals surface area contributed by atoms with E-state index < -0.39 is 0 Å². The van der Waals surface area contributed by atoms with Crippen LogP contribution in [0.25, 0.3) is 98.4 Å². The molecule has 0 aliphatic heterocycles. The molecule has 0 saturated carbocycles. The molecule has 8 aromatic carbocycles. The van der Waals surface area contributed by atoms with E-state index in [1.54, 1.807) is 0 Å². The van der Waals surface area contributed by atoms with Gasteiger partial charge in [-0.25, -0.2) is 0 Å². The molecule has 0 amide bonds. The number of rotatable bonds is 4. The zero-order valence-electron chi connectivity index (χ0n) is 27.2. The predicted molar refractivity (Wildman–Crippen MR) is 211 cm³/mol. The van der Waals surface area contributed by atoms with Crippen molar-refractivity contribution in [2.75, 3.05) is 0 Å². The third-order valence-electron chi connectivity index (χ3n) is 10.2. The zero-order valence-corrected chi connectivity index (χ0v) is 27.2. The van der Waals surface area contributed by atoms with Crippen molar-refractivity contribution in [2.45, 2.75) is 0 Å². The first kappa shape index (κ1) is 28.4. The number of benzene rings is 8. The van der Waals surface area contributed by atoms with E-state index in [2.05, 4.69) is 168 Å². The smallest absolute Gasteiger partial charge is 0.0353 e. The molecule has 2 heteroatoms. The Bertz CT molecular complexity index is 2590. The lowest BCUT2D eigenvalue weighted by Crippen LogP contribution is -1.92. The molecular formula is C48H30N2. The van der Waals surface area contributed by atoms with E-state index in [1.165, 1.54) is 87.6 Å². The van der Waals surface area contributed by atoms with Crippen molar-refractivity contribution in [3.63, 3.8) is 0 Å². The lowest BCUT2D eigenvalue weighted by atomic mass is 9.85. The minimum atomic E-state index is 1.16. The number of hydrogen-bond acceptors (Lipinski definition) is 2. The Kier molecular flexibility index (Phi) is 6.53. The van der Waals surface area contributed by atoms with Crippen LogP contribution in [-0.2, 0) is 0 Å². The second kappa shape index (κ2) is 11.5. The van der Waals surface area contributed by atoms with E-state index in [-0.39, 0.29) is 0 Å². The molecule has 0 spiro atoms. The van der Waals surface area contributed by atoms with Gasteiger partial charge < -0.3 is 0 Å². The highest BCUT2D eigenvalue weighted by Gasteiger charge is 2.19. The van der Waals surface area contributed by atoms with Crippen LogP contribution in [0.1, 0.15) is 0 Å². The molecule has 0 radical (unpaired) electrons. The van der Waals surface area contributed by atoms with Crippen LogP contribution in [0.2, 0.25) is 0 Å². The van der Waals surface area contributed by atoms with E-state index in [0.29, 0.717) is 0 Å². The Morgan fingerprint density at radius 1 is 0.260 bits per heavy atom. The van der Waals surface area contributed by atoms with Crippen LogP contribution in [0.3, 0.4) is 0 Å². The van der Waals surface area contributed by atoms with Crippen molar-refractivity contribution >= 4 is 53.9 Å². The normalized spacial score (nSPS) is 11.6. The summed E-state index contributed by atoms with van der Waals surface area (Å²) in [6, 6.07) is 57.1. The lowest BCUT2D eigenvalue weighted by Gasteiger charge is -2.18. The van der Waals surface area contributed by atoms with Gasteiger partial charge in [0.15, 0.2) is 0 Å². The summed E-state index contributed by atoms with van der Waals surface area (Å²) >= 11 is 0. The van der Waals surface area contributed by atoms with Crippen molar-refractivity contribution in [3.8, 4) is 44.5 Å². The summed E-state index contributed by atoms with van der Waals surface area (Å²) in [6.07, 6.45) is 7.87. The van der Waals surface area contributed by atoms with Crippen molar-refractivity contribution in [1.82, 2.24) is 9.97 Å². The summed E-state index contributed by atoms with van der Waals surface area (Å²) in [7, 11) is 0. The highest BCUT2D eigenvalue weighted by Crippen LogP contribution is 2.46. The molecule has 0 saturated heterocycles. The molecule has 0 unspecified atom stereocenters. The Hall–Kier alpha value is -6.64. The van der Waals surface area contributed by atoms with E-state index in [9.17, 15) is 0 Å². The molecule has 50 heavy (non-hydrogen) atoms. The molecule has 0 aliphatic rings. The van der Waals surface area contributed by atoms with Gasteiger partial charge in [0.05, 0.1) is 0 Å². The first-order valence-electron chi connectivity index (χ1n) is 17.1. The first-order valence-corrected chi connectivity index (χ1v) is 17.1. The maximum absolute atomic E-state index is 4.62. The summed E-state index contributed by atoms with van der Waals surface area (Å²) in [5.74, 6) is 0. The predicted octanol–water partition coefficient (Wildman–Crippen LogP) is 12.9. The van der Waals surface area contributed by atoms with E-state index in [4.69, 9.17) is 0 Å². The van der Waals surface area contributed by atoms with E-state index >= 15 is 0 Å². The maximum Gasteiger partial charge on any atom is 0.0353 e. The number of pyridine rings is 2. The monoisotopic (exact) mass is 634 g/mol. The first-order chi connectivity index (χ1) is 24.8. The molecular weight excluding hydrogens is 605 g/mol. The lowest BCUT2D eigenvalue weighted by molar-refractivity contribution is 1.37. The molecule has 0 fully saturated rings. The number of fused-ring (bicyclic) bond motifs is 5. The van der Waals surface area contributed by atoms with E-state index in [1.807, 2.05) is 24.8 Å². The highest BCUT2D eigenvalue weighted by atomic mass is 14.6. The van der Waals surface area contributed by atoms with Crippen LogP contribution in [0.15, 0.2) is 183 Å². The van der Waals surface area contributed by atoms with Crippen molar-refractivity contribution in [1.29, 1.82) is 0 Å². The van der Waals surface area contributed by atoms with Crippen LogP contribution >= 0.6 is 0 Å². The van der Waals surface area contributed by atoms with Gasteiger partial charge in [-0.1, -0.05) is 133 Å². The standard InChI is InChI=1S/C48H30N2/c1-3-11-31(12-4-1)45-37-15-7-9-17-39(37)47(43-29-49-25-23-41(43)45)35-21-19-34-28-36(22-20-33(34)27-35)48-40-18-10-8-16-38(40)46(32-13-5-2-6-14-32)42-24-26-50-30-44(42)48/h1-30H. The molecule has 0 N–H and O–H groups in total. The van der Waals surface area contributed by atoms with Gasteiger partial charge in [0.1, 0.15) is 0 Å². The van der Waals surface area contributed by atoms with Gasteiger partial charge in [-0.15, -0.1) is 0 Å². The summed E-state index contributed by atoms with van der Waals surface area (Å²) < 4.78 is 0. The Balaban J connectivity index is 1.18. The Morgan fingerprint density at radius 3 is 1.00 bits per heavy atom.